The SMILES string of the molecule is C[C@H]1C=C2C=C3CC[C@@]4(C)[C@@H](CC[C@@H]4O)[C@@]34CC[C@]2(C[C@@H]1N=[N+]=[N-])O4. The highest BCUT2D eigenvalue weighted by molar-refractivity contribution is 5.47. The summed E-state index contributed by atoms with van der Waals surface area (Å²) in [7, 11) is 0. The van der Waals surface area contributed by atoms with E-state index in [0.29, 0.717) is 5.92 Å². The van der Waals surface area contributed by atoms with Crippen LogP contribution >= 0.6 is 0 Å². The first-order chi connectivity index (χ1) is 11.9. The molecule has 2 aliphatic heterocycles. The van der Waals surface area contributed by atoms with Crippen LogP contribution in [-0.4, -0.2) is 28.5 Å². The van der Waals surface area contributed by atoms with Gasteiger partial charge >= 0.3 is 0 Å². The van der Waals surface area contributed by atoms with E-state index >= 15 is 0 Å². The molecule has 3 aliphatic carbocycles. The van der Waals surface area contributed by atoms with E-state index in [-0.39, 0.29) is 34.7 Å². The quantitative estimate of drug-likeness (QED) is 0.435. The van der Waals surface area contributed by atoms with Crippen molar-refractivity contribution in [1.29, 1.82) is 0 Å². The van der Waals surface area contributed by atoms with Gasteiger partial charge in [0.25, 0.3) is 0 Å². The summed E-state index contributed by atoms with van der Waals surface area (Å²) in [5.41, 5.74) is 11.2. The van der Waals surface area contributed by atoms with Crippen LogP contribution < -0.4 is 0 Å². The number of ether oxygens (including phenoxy) is 1. The van der Waals surface area contributed by atoms with E-state index < -0.39 is 0 Å². The molecular weight excluding hydrogens is 314 g/mol. The number of azide groups is 1. The van der Waals surface area contributed by atoms with E-state index in [9.17, 15) is 5.11 Å². The van der Waals surface area contributed by atoms with Gasteiger partial charge in [0.15, 0.2) is 0 Å². The molecule has 5 heteroatoms. The third-order valence-corrected chi connectivity index (χ3v) is 8.25. The van der Waals surface area contributed by atoms with E-state index in [1.165, 1.54) is 11.1 Å². The standard InChI is InChI=1S/C20H27N3O2/c1-12-9-14-10-13-5-6-18(2)16(3-4-17(18)24)20(13)8-7-19(14,25-20)11-15(12)22-23-21/h9-10,12,15-17,24H,3-8,11H2,1-2H3/t12-,15-,16+,17-,18-,19+,20+/m0/s1. The summed E-state index contributed by atoms with van der Waals surface area (Å²) in [4.78, 5) is 3.07. The zero-order valence-corrected chi connectivity index (χ0v) is 15.1. The molecule has 0 aromatic heterocycles. The van der Waals surface area contributed by atoms with Crippen molar-refractivity contribution in [2.45, 2.75) is 82.1 Å². The Kier molecular flexibility index (Phi) is 3.13. The Morgan fingerprint density at radius 3 is 2.96 bits per heavy atom. The predicted octanol–water partition coefficient (Wildman–Crippen LogP) is 4.43. The van der Waals surface area contributed by atoms with Gasteiger partial charge in [-0.2, -0.15) is 0 Å². The zero-order valence-electron chi connectivity index (χ0n) is 15.1. The molecule has 1 N–H and O–H groups in total. The smallest absolute Gasteiger partial charge is 0.0945 e. The third kappa shape index (κ3) is 1.84. The van der Waals surface area contributed by atoms with E-state index in [0.717, 1.165) is 44.9 Å². The van der Waals surface area contributed by atoms with Gasteiger partial charge in [0, 0.05) is 11.0 Å². The first-order valence-electron chi connectivity index (χ1n) is 9.79. The third-order valence-electron chi connectivity index (χ3n) is 8.25. The van der Waals surface area contributed by atoms with Crippen molar-refractivity contribution in [1.82, 2.24) is 0 Å². The van der Waals surface area contributed by atoms with Gasteiger partial charge in [-0.1, -0.05) is 31.1 Å². The normalized spacial score (nSPS) is 53.1. The van der Waals surface area contributed by atoms with E-state index in [1.807, 2.05) is 0 Å². The number of hydrogen-bond donors (Lipinski definition) is 1. The van der Waals surface area contributed by atoms with Gasteiger partial charge in [0.05, 0.1) is 17.3 Å². The maximum absolute atomic E-state index is 10.6. The Morgan fingerprint density at radius 1 is 1.32 bits per heavy atom. The maximum Gasteiger partial charge on any atom is 0.0945 e. The molecule has 5 rings (SSSR count). The van der Waals surface area contributed by atoms with Gasteiger partial charge in [-0.15, -0.1) is 0 Å². The monoisotopic (exact) mass is 341 g/mol. The molecule has 5 nitrogen and oxygen atoms in total. The molecule has 0 aromatic rings. The number of rotatable bonds is 1. The highest BCUT2D eigenvalue weighted by Gasteiger charge is 2.67. The van der Waals surface area contributed by atoms with Crippen molar-refractivity contribution in [2.24, 2.45) is 22.4 Å². The van der Waals surface area contributed by atoms with Crippen molar-refractivity contribution in [3.05, 3.63) is 33.7 Å². The molecule has 2 spiro atoms. The average Bonchev–Trinajstić information content (AvgIpc) is 3.06. The molecule has 2 heterocycles. The lowest BCUT2D eigenvalue weighted by molar-refractivity contribution is -0.151. The lowest BCUT2D eigenvalue weighted by Crippen LogP contribution is -2.56. The summed E-state index contributed by atoms with van der Waals surface area (Å²) in [5, 5.41) is 14.7. The first-order valence-corrected chi connectivity index (χ1v) is 9.79. The largest absolute Gasteiger partial charge is 0.393 e. The number of aliphatic hydroxyl groups is 1. The summed E-state index contributed by atoms with van der Waals surface area (Å²) in [6.07, 6.45) is 11.4. The lowest BCUT2D eigenvalue weighted by atomic mass is 9.58. The van der Waals surface area contributed by atoms with Gasteiger partial charge in [-0.05, 0) is 78.9 Å². The second kappa shape index (κ2) is 4.91. The van der Waals surface area contributed by atoms with Crippen LogP contribution in [0.1, 0.15) is 58.8 Å². The van der Waals surface area contributed by atoms with E-state index in [1.54, 1.807) is 0 Å². The number of aliphatic hydroxyl groups excluding tert-OH is 1. The molecule has 7 atom stereocenters. The molecule has 2 saturated carbocycles. The molecule has 1 saturated heterocycles. The Bertz CT molecular complexity index is 739. The molecule has 0 radical (unpaired) electrons. The van der Waals surface area contributed by atoms with Gasteiger partial charge in [-0.25, -0.2) is 0 Å². The summed E-state index contributed by atoms with van der Waals surface area (Å²) < 4.78 is 7.00. The lowest BCUT2D eigenvalue weighted by Gasteiger charge is -2.55. The van der Waals surface area contributed by atoms with Crippen LogP contribution in [0.2, 0.25) is 0 Å². The van der Waals surface area contributed by atoms with E-state index in [2.05, 4.69) is 36.0 Å². The second-order valence-corrected chi connectivity index (χ2v) is 9.26. The van der Waals surface area contributed by atoms with Crippen molar-refractivity contribution in [3.8, 4) is 0 Å². The summed E-state index contributed by atoms with van der Waals surface area (Å²) in [5.74, 6) is 0.667. The van der Waals surface area contributed by atoms with Crippen LogP contribution in [0.3, 0.4) is 0 Å². The minimum Gasteiger partial charge on any atom is -0.393 e. The molecule has 0 amide bonds. The average molecular weight is 341 g/mol. The minimum atomic E-state index is -0.277. The number of fused-ring (bicyclic) bond motifs is 1. The Morgan fingerprint density at radius 2 is 2.16 bits per heavy atom. The Labute approximate surface area is 148 Å². The first kappa shape index (κ1) is 15.9. The minimum absolute atomic E-state index is 0.0176. The summed E-state index contributed by atoms with van der Waals surface area (Å²) in [6, 6.07) is -0.0250. The molecule has 3 fully saturated rings. The topological polar surface area (TPSA) is 78.2 Å². The zero-order chi connectivity index (χ0) is 17.4. The fourth-order valence-corrected chi connectivity index (χ4v) is 6.78. The Hall–Kier alpha value is -1.29. The van der Waals surface area contributed by atoms with Crippen molar-refractivity contribution in [2.75, 3.05) is 0 Å². The summed E-state index contributed by atoms with van der Waals surface area (Å²) >= 11 is 0. The highest BCUT2D eigenvalue weighted by atomic mass is 16.5. The maximum atomic E-state index is 10.6. The highest BCUT2D eigenvalue weighted by Crippen LogP contribution is 2.67. The molecule has 134 valence electrons. The van der Waals surface area contributed by atoms with Crippen molar-refractivity contribution in [3.63, 3.8) is 0 Å². The van der Waals surface area contributed by atoms with Crippen LogP contribution in [0.25, 0.3) is 10.4 Å². The van der Waals surface area contributed by atoms with Crippen molar-refractivity contribution >= 4 is 0 Å². The van der Waals surface area contributed by atoms with Gasteiger partial charge in [0.1, 0.15) is 0 Å². The Balaban J connectivity index is 1.61. The fourth-order valence-electron chi connectivity index (χ4n) is 6.78. The van der Waals surface area contributed by atoms with Gasteiger partial charge < -0.3 is 9.84 Å². The van der Waals surface area contributed by atoms with Gasteiger partial charge in [0.2, 0.25) is 0 Å². The van der Waals surface area contributed by atoms with E-state index in [4.69, 9.17) is 10.3 Å². The summed E-state index contributed by atoms with van der Waals surface area (Å²) in [6.45, 7) is 4.41. The van der Waals surface area contributed by atoms with Gasteiger partial charge in [-0.3, -0.25) is 0 Å². The molecule has 0 aromatic carbocycles. The van der Waals surface area contributed by atoms with Crippen LogP contribution in [0, 0.1) is 17.3 Å². The molecular formula is C20H27N3O2. The van der Waals surface area contributed by atoms with Crippen LogP contribution in [0.4, 0.5) is 0 Å². The van der Waals surface area contributed by atoms with Crippen LogP contribution in [0.5, 0.6) is 0 Å². The molecule has 5 aliphatic rings. The number of nitrogens with zero attached hydrogens (tertiary/aromatic N) is 3. The molecule has 25 heavy (non-hydrogen) atoms. The fraction of sp³-hybridized carbons (Fsp3) is 0.800. The van der Waals surface area contributed by atoms with Crippen molar-refractivity contribution < 1.29 is 9.84 Å². The molecule has 2 bridgehead atoms. The molecule has 0 unspecified atom stereocenters. The predicted molar refractivity (Wildman–Crippen MR) is 94.7 cm³/mol. The number of hydrogen-bond acceptors (Lipinski definition) is 3. The van der Waals surface area contributed by atoms with Crippen LogP contribution in [0.15, 0.2) is 28.4 Å². The second-order valence-electron chi connectivity index (χ2n) is 9.26. The van der Waals surface area contributed by atoms with Crippen LogP contribution in [-0.2, 0) is 4.74 Å².